The van der Waals surface area contributed by atoms with Gasteiger partial charge in [-0.1, -0.05) is 35.1 Å². The van der Waals surface area contributed by atoms with E-state index in [1.54, 1.807) is 24.4 Å². The van der Waals surface area contributed by atoms with E-state index in [9.17, 15) is 10.1 Å². The summed E-state index contributed by atoms with van der Waals surface area (Å²) in [5, 5.41) is 16.3. The Hall–Kier alpha value is -2.19. The van der Waals surface area contributed by atoms with Gasteiger partial charge in [0.2, 0.25) is 0 Å². The van der Waals surface area contributed by atoms with Crippen LogP contribution >= 0.6 is 22.9 Å². The Labute approximate surface area is 148 Å². The highest BCUT2D eigenvalue weighted by atomic mass is 35.5. The molecule has 1 aromatic heterocycles. The minimum atomic E-state index is -0.452. The van der Waals surface area contributed by atoms with Crippen molar-refractivity contribution in [2.24, 2.45) is 5.10 Å². The maximum Gasteiger partial charge on any atom is 0.294 e. The minimum absolute atomic E-state index is 0.0287. The Morgan fingerprint density at radius 1 is 1.33 bits per heavy atom. The van der Waals surface area contributed by atoms with Crippen LogP contribution in [0.5, 0.6) is 0 Å². The second-order valence-electron chi connectivity index (χ2n) is 5.34. The lowest BCUT2D eigenvalue weighted by molar-refractivity contribution is -0.384. The molecule has 0 spiro atoms. The largest absolute Gasteiger partial charge is 0.348 e. The second-order valence-corrected chi connectivity index (χ2v) is 6.71. The van der Waals surface area contributed by atoms with E-state index >= 15 is 0 Å². The van der Waals surface area contributed by atoms with Crippen LogP contribution in [0.1, 0.15) is 24.1 Å². The molecule has 1 aliphatic rings. The number of halogens is 1. The Bertz CT molecular complexity index is 758. The standard InChI is InChI=1S/C15H16ClN5O2S/c16-14-13(24-15(18-14)20-8-4-1-5-9-20)10-17-19-11-6-2-3-7-12(11)21(22)23/h2-3,6-7,10,19H,1,4-5,8-9H2/b17-10-. The number of piperidine rings is 1. The third kappa shape index (κ3) is 3.82. The molecular formula is C15H16ClN5O2S. The highest BCUT2D eigenvalue weighted by Gasteiger charge is 2.17. The van der Waals surface area contributed by atoms with Crippen LogP contribution in [0.4, 0.5) is 16.5 Å². The number of nitro benzene ring substituents is 1. The molecule has 1 saturated heterocycles. The fourth-order valence-electron chi connectivity index (χ4n) is 2.49. The highest BCUT2D eigenvalue weighted by Crippen LogP contribution is 2.30. The summed E-state index contributed by atoms with van der Waals surface area (Å²) >= 11 is 7.64. The molecule has 7 nitrogen and oxygen atoms in total. The van der Waals surface area contributed by atoms with Crippen LogP contribution in [0.2, 0.25) is 5.15 Å². The zero-order valence-electron chi connectivity index (χ0n) is 12.8. The first-order valence-corrected chi connectivity index (χ1v) is 8.78. The van der Waals surface area contributed by atoms with Crippen LogP contribution in [-0.2, 0) is 0 Å². The smallest absolute Gasteiger partial charge is 0.294 e. The molecule has 0 unspecified atom stereocenters. The first-order chi connectivity index (χ1) is 11.6. The summed E-state index contributed by atoms with van der Waals surface area (Å²) in [6.07, 6.45) is 5.13. The molecule has 3 rings (SSSR count). The van der Waals surface area contributed by atoms with Crippen LogP contribution in [0.15, 0.2) is 29.4 Å². The lowest BCUT2D eigenvalue weighted by Crippen LogP contribution is -2.29. The van der Waals surface area contributed by atoms with Gasteiger partial charge in [0.25, 0.3) is 5.69 Å². The first-order valence-electron chi connectivity index (χ1n) is 7.59. The van der Waals surface area contributed by atoms with E-state index in [0.717, 1.165) is 23.1 Å². The van der Waals surface area contributed by atoms with Crippen molar-refractivity contribution in [2.75, 3.05) is 23.4 Å². The Morgan fingerprint density at radius 2 is 2.08 bits per heavy atom. The van der Waals surface area contributed by atoms with Crippen LogP contribution in [0, 0.1) is 10.1 Å². The molecule has 0 radical (unpaired) electrons. The molecule has 0 amide bonds. The molecule has 9 heteroatoms. The average Bonchev–Trinajstić information content (AvgIpc) is 2.97. The number of hydrogen-bond acceptors (Lipinski definition) is 7. The molecular weight excluding hydrogens is 350 g/mol. The molecule has 1 aromatic carbocycles. The third-order valence-electron chi connectivity index (χ3n) is 3.69. The van der Waals surface area contributed by atoms with Crippen LogP contribution in [-0.4, -0.2) is 29.2 Å². The average molecular weight is 366 g/mol. The predicted octanol–water partition coefficient (Wildman–Crippen LogP) is 4.14. The van der Waals surface area contributed by atoms with Gasteiger partial charge in [0.05, 0.1) is 16.0 Å². The topological polar surface area (TPSA) is 83.7 Å². The lowest BCUT2D eigenvalue weighted by Gasteiger charge is -2.25. The Kier molecular flexibility index (Phi) is 5.27. The molecule has 0 saturated carbocycles. The van der Waals surface area contributed by atoms with E-state index in [-0.39, 0.29) is 5.69 Å². The van der Waals surface area contributed by atoms with Gasteiger partial charge in [-0.15, -0.1) is 0 Å². The van der Waals surface area contributed by atoms with E-state index in [2.05, 4.69) is 20.4 Å². The molecule has 1 aliphatic heterocycles. The summed E-state index contributed by atoms with van der Waals surface area (Å²) in [4.78, 5) is 17.9. The Morgan fingerprint density at radius 3 is 2.83 bits per heavy atom. The quantitative estimate of drug-likeness (QED) is 0.489. The molecule has 1 N–H and O–H groups in total. The van der Waals surface area contributed by atoms with E-state index in [1.807, 2.05) is 0 Å². The lowest BCUT2D eigenvalue weighted by atomic mass is 10.1. The van der Waals surface area contributed by atoms with Gasteiger partial charge >= 0.3 is 0 Å². The number of nitrogens with zero attached hydrogens (tertiary/aromatic N) is 4. The SMILES string of the molecule is O=[N+]([O-])c1ccccc1N/N=C\c1sc(N2CCCCC2)nc1Cl. The highest BCUT2D eigenvalue weighted by molar-refractivity contribution is 7.17. The van der Waals surface area contributed by atoms with Crippen molar-refractivity contribution >= 4 is 45.7 Å². The number of nitrogens with one attached hydrogen (secondary N) is 1. The molecule has 0 atom stereocenters. The van der Waals surface area contributed by atoms with Gasteiger partial charge in [0.1, 0.15) is 5.69 Å². The van der Waals surface area contributed by atoms with Gasteiger partial charge in [-0.2, -0.15) is 5.10 Å². The summed E-state index contributed by atoms with van der Waals surface area (Å²) in [6, 6.07) is 6.34. The molecule has 2 heterocycles. The second kappa shape index (κ2) is 7.59. The number of hydrazone groups is 1. The Balaban J connectivity index is 1.71. The van der Waals surface area contributed by atoms with Gasteiger partial charge in [0, 0.05) is 19.2 Å². The molecule has 24 heavy (non-hydrogen) atoms. The predicted molar refractivity (Wildman–Crippen MR) is 97.5 cm³/mol. The summed E-state index contributed by atoms with van der Waals surface area (Å²) in [5.41, 5.74) is 2.99. The normalized spacial score (nSPS) is 15.0. The number of nitro groups is 1. The number of benzene rings is 1. The van der Waals surface area contributed by atoms with Crippen molar-refractivity contribution in [3.63, 3.8) is 0 Å². The first kappa shape index (κ1) is 16.7. The van der Waals surface area contributed by atoms with E-state index in [0.29, 0.717) is 10.8 Å². The van der Waals surface area contributed by atoms with Gasteiger partial charge in [-0.25, -0.2) is 4.98 Å². The molecule has 0 aliphatic carbocycles. The minimum Gasteiger partial charge on any atom is -0.348 e. The number of hydrogen-bond donors (Lipinski definition) is 1. The fraction of sp³-hybridized carbons (Fsp3) is 0.333. The van der Waals surface area contributed by atoms with E-state index in [4.69, 9.17) is 11.6 Å². The van der Waals surface area contributed by atoms with Crippen molar-refractivity contribution in [1.82, 2.24) is 4.98 Å². The van der Waals surface area contributed by atoms with Crippen molar-refractivity contribution in [1.29, 1.82) is 0 Å². The summed E-state index contributed by atoms with van der Waals surface area (Å²) < 4.78 is 0. The zero-order chi connectivity index (χ0) is 16.9. The summed E-state index contributed by atoms with van der Waals surface area (Å²) in [6.45, 7) is 1.99. The van der Waals surface area contributed by atoms with Crippen molar-refractivity contribution in [2.45, 2.75) is 19.3 Å². The van der Waals surface area contributed by atoms with Crippen molar-refractivity contribution < 1.29 is 4.92 Å². The van der Waals surface area contributed by atoms with Crippen LogP contribution in [0.3, 0.4) is 0 Å². The number of thiazole rings is 1. The number of rotatable bonds is 5. The van der Waals surface area contributed by atoms with Gasteiger partial charge in [0.15, 0.2) is 10.3 Å². The summed E-state index contributed by atoms with van der Waals surface area (Å²) in [7, 11) is 0. The summed E-state index contributed by atoms with van der Waals surface area (Å²) in [5.74, 6) is 0. The molecule has 2 aromatic rings. The number of para-hydroxylation sites is 2. The van der Waals surface area contributed by atoms with Crippen LogP contribution in [0.25, 0.3) is 0 Å². The molecule has 0 bridgehead atoms. The van der Waals surface area contributed by atoms with Gasteiger partial charge in [-0.3, -0.25) is 15.5 Å². The maximum absolute atomic E-state index is 11.0. The molecule has 1 fully saturated rings. The monoisotopic (exact) mass is 365 g/mol. The van der Waals surface area contributed by atoms with Crippen molar-refractivity contribution in [3.05, 3.63) is 44.4 Å². The van der Waals surface area contributed by atoms with E-state index < -0.39 is 4.92 Å². The third-order valence-corrected chi connectivity index (χ3v) is 5.14. The fourth-order valence-corrected chi connectivity index (χ4v) is 3.67. The van der Waals surface area contributed by atoms with Crippen LogP contribution < -0.4 is 10.3 Å². The number of anilines is 2. The number of aromatic nitrogens is 1. The van der Waals surface area contributed by atoms with E-state index in [1.165, 1.54) is 36.7 Å². The van der Waals surface area contributed by atoms with Gasteiger partial charge < -0.3 is 4.90 Å². The van der Waals surface area contributed by atoms with Gasteiger partial charge in [-0.05, 0) is 25.3 Å². The maximum atomic E-state index is 11.0. The zero-order valence-corrected chi connectivity index (χ0v) is 14.4. The molecule has 126 valence electrons. The van der Waals surface area contributed by atoms with Crippen molar-refractivity contribution in [3.8, 4) is 0 Å².